The summed E-state index contributed by atoms with van der Waals surface area (Å²) in [5, 5.41) is 0. The van der Waals surface area contributed by atoms with E-state index in [4.69, 9.17) is 18.6 Å². The number of rotatable bonds is 6. The van der Waals surface area contributed by atoms with Gasteiger partial charge in [0.05, 0.1) is 6.10 Å². The summed E-state index contributed by atoms with van der Waals surface area (Å²) >= 11 is 2.37. The van der Waals surface area contributed by atoms with Crippen molar-refractivity contribution in [2.24, 2.45) is 0 Å². The molecular formula is C19H35IO4Si. The van der Waals surface area contributed by atoms with Crippen molar-refractivity contribution < 1.29 is 18.6 Å². The van der Waals surface area contributed by atoms with Crippen LogP contribution in [-0.4, -0.2) is 45.6 Å². The Bertz CT molecular complexity index is 482. The fourth-order valence-corrected chi connectivity index (χ4v) is 11.1. The molecule has 0 aromatic carbocycles. The van der Waals surface area contributed by atoms with Crippen LogP contribution in [0, 0.1) is 0 Å². The summed E-state index contributed by atoms with van der Waals surface area (Å²) in [6.45, 7) is 17.8. The molecule has 0 amide bonds. The van der Waals surface area contributed by atoms with Crippen molar-refractivity contribution >= 4 is 30.9 Å². The first-order valence-electron chi connectivity index (χ1n) is 9.39. The Labute approximate surface area is 168 Å². The Balaban J connectivity index is 2.38. The average molecular weight is 482 g/mol. The van der Waals surface area contributed by atoms with Crippen molar-refractivity contribution in [3.63, 3.8) is 0 Å². The molecule has 1 saturated heterocycles. The fraction of sp³-hybridized carbons (Fsp3) is 0.895. The number of halogens is 1. The van der Waals surface area contributed by atoms with Crippen molar-refractivity contribution in [3.05, 3.63) is 9.66 Å². The third kappa shape index (κ3) is 4.04. The maximum atomic E-state index is 7.01. The summed E-state index contributed by atoms with van der Waals surface area (Å²) in [4.78, 5) is 0. The number of hydrogen-bond donors (Lipinski definition) is 0. The predicted molar refractivity (Wildman–Crippen MR) is 113 cm³/mol. The summed E-state index contributed by atoms with van der Waals surface area (Å²) in [5.41, 5.74) is 1.60. The molecule has 2 aliphatic rings. The molecule has 4 nitrogen and oxygen atoms in total. The van der Waals surface area contributed by atoms with Crippen LogP contribution in [0.4, 0.5) is 0 Å². The molecule has 1 heterocycles. The van der Waals surface area contributed by atoms with Gasteiger partial charge in [-0.25, -0.2) is 0 Å². The van der Waals surface area contributed by atoms with Crippen LogP contribution in [0.5, 0.6) is 0 Å². The van der Waals surface area contributed by atoms with Crippen LogP contribution in [0.1, 0.15) is 55.4 Å². The van der Waals surface area contributed by atoms with Gasteiger partial charge < -0.3 is 18.6 Å². The van der Waals surface area contributed by atoms with Crippen molar-refractivity contribution in [1.82, 2.24) is 0 Å². The number of ether oxygens (including phenoxy) is 3. The van der Waals surface area contributed by atoms with Crippen LogP contribution in [0.25, 0.3) is 0 Å². The van der Waals surface area contributed by atoms with Gasteiger partial charge in [0.1, 0.15) is 18.3 Å². The molecule has 0 radical (unpaired) electrons. The molecule has 0 unspecified atom stereocenters. The molecule has 0 bridgehead atoms. The Hall–Kier alpha value is 0.527. The normalized spacial score (nSPS) is 32.4. The lowest BCUT2D eigenvalue weighted by molar-refractivity contribution is -0.161. The highest BCUT2D eigenvalue weighted by molar-refractivity contribution is 14.1. The van der Waals surface area contributed by atoms with E-state index in [0.717, 1.165) is 3.58 Å². The summed E-state index contributed by atoms with van der Waals surface area (Å²) in [6.07, 6.45) is 1.78. The van der Waals surface area contributed by atoms with E-state index in [1.165, 1.54) is 0 Å². The lowest BCUT2D eigenvalue weighted by Gasteiger charge is -2.47. The summed E-state index contributed by atoms with van der Waals surface area (Å²) in [7, 11) is -0.254. The third-order valence-corrected chi connectivity index (χ3v) is 12.8. The van der Waals surface area contributed by atoms with Crippen molar-refractivity contribution in [2.45, 2.75) is 102 Å². The monoisotopic (exact) mass is 482 g/mol. The van der Waals surface area contributed by atoms with E-state index in [0.29, 0.717) is 16.6 Å². The van der Waals surface area contributed by atoms with Crippen LogP contribution in [0.3, 0.4) is 0 Å². The zero-order chi connectivity index (χ0) is 19.2. The molecule has 0 N–H and O–H groups in total. The highest BCUT2D eigenvalue weighted by Crippen LogP contribution is 2.47. The maximum Gasteiger partial charge on any atom is 0.201 e. The smallest absolute Gasteiger partial charge is 0.201 e. The Morgan fingerprint density at radius 1 is 1.04 bits per heavy atom. The van der Waals surface area contributed by atoms with Gasteiger partial charge in [0, 0.05) is 10.7 Å². The van der Waals surface area contributed by atoms with E-state index in [1.54, 1.807) is 7.11 Å². The minimum absolute atomic E-state index is 0.0615. The fourth-order valence-electron chi connectivity index (χ4n) is 4.79. The second-order valence-corrected chi connectivity index (χ2v) is 15.3. The van der Waals surface area contributed by atoms with E-state index in [9.17, 15) is 0 Å². The van der Waals surface area contributed by atoms with Gasteiger partial charge in [-0.1, -0.05) is 41.5 Å². The van der Waals surface area contributed by atoms with Gasteiger partial charge in [0.15, 0.2) is 5.79 Å². The van der Waals surface area contributed by atoms with E-state index >= 15 is 0 Å². The quantitative estimate of drug-likeness (QED) is 0.375. The molecule has 1 aliphatic heterocycles. The van der Waals surface area contributed by atoms with Crippen LogP contribution in [0.15, 0.2) is 9.66 Å². The first-order chi connectivity index (χ1) is 11.5. The molecule has 0 aromatic heterocycles. The van der Waals surface area contributed by atoms with Gasteiger partial charge in [-0.15, -0.1) is 0 Å². The topological polar surface area (TPSA) is 36.9 Å². The molecule has 25 heavy (non-hydrogen) atoms. The maximum absolute atomic E-state index is 7.01. The summed E-state index contributed by atoms with van der Waals surface area (Å²) in [6, 6.07) is 0. The van der Waals surface area contributed by atoms with Crippen LogP contribution in [0.2, 0.25) is 16.6 Å². The Morgan fingerprint density at radius 3 is 2.00 bits per heavy atom. The Kier molecular flexibility index (Phi) is 6.87. The predicted octanol–water partition coefficient (Wildman–Crippen LogP) is 5.41. The largest absolute Gasteiger partial charge is 0.407 e. The van der Waals surface area contributed by atoms with Crippen LogP contribution in [-0.2, 0) is 18.6 Å². The molecule has 0 saturated carbocycles. The van der Waals surface area contributed by atoms with Gasteiger partial charge in [0.25, 0.3) is 0 Å². The molecule has 1 aliphatic carbocycles. The highest BCUT2D eigenvalue weighted by atomic mass is 127. The van der Waals surface area contributed by atoms with Gasteiger partial charge in [-0.05, 0) is 59.1 Å². The molecule has 146 valence electrons. The van der Waals surface area contributed by atoms with Gasteiger partial charge in [0.2, 0.25) is 8.32 Å². The minimum atomic E-state index is -2.01. The van der Waals surface area contributed by atoms with Crippen molar-refractivity contribution in [1.29, 1.82) is 0 Å². The number of hydrogen-bond acceptors (Lipinski definition) is 4. The van der Waals surface area contributed by atoms with Gasteiger partial charge in [-0.2, -0.15) is 0 Å². The zero-order valence-electron chi connectivity index (χ0n) is 17.1. The van der Waals surface area contributed by atoms with E-state index in [2.05, 4.69) is 70.2 Å². The molecule has 0 spiro atoms. The molecule has 0 aromatic rings. The average Bonchev–Trinajstić information content (AvgIpc) is 2.79. The molecule has 2 rings (SSSR count). The number of methoxy groups -OCH3 is 1. The molecule has 4 atom stereocenters. The number of fused-ring (bicyclic) bond motifs is 1. The van der Waals surface area contributed by atoms with E-state index in [-0.39, 0.29) is 24.4 Å². The van der Waals surface area contributed by atoms with E-state index < -0.39 is 14.1 Å². The minimum Gasteiger partial charge on any atom is -0.407 e. The summed E-state index contributed by atoms with van der Waals surface area (Å²) in [5.74, 6) is -0.589. The van der Waals surface area contributed by atoms with Crippen molar-refractivity contribution in [3.8, 4) is 0 Å². The molecule has 6 heteroatoms. The summed E-state index contributed by atoms with van der Waals surface area (Å²) < 4.78 is 26.3. The van der Waals surface area contributed by atoms with Crippen LogP contribution < -0.4 is 0 Å². The standard InChI is InChI=1S/C19H35IO4Si/c1-11(2)25(12(3)4,13(5)6)24-15-10-14(20)16-18(17(15)21-9)23-19(7,8)22-16/h10-13,15-18H,1-9H3/t15-,16-,17-,18-/m1/s1. The zero-order valence-corrected chi connectivity index (χ0v) is 20.3. The first-order valence-corrected chi connectivity index (χ1v) is 12.6. The molecule has 1 fully saturated rings. The lowest BCUT2D eigenvalue weighted by atomic mass is 9.96. The third-order valence-electron chi connectivity index (χ3n) is 5.69. The molecular weight excluding hydrogens is 447 g/mol. The van der Waals surface area contributed by atoms with Crippen molar-refractivity contribution in [2.75, 3.05) is 7.11 Å². The second kappa shape index (κ2) is 7.87. The van der Waals surface area contributed by atoms with Crippen LogP contribution >= 0.6 is 22.6 Å². The first kappa shape index (κ1) is 21.8. The SMILES string of the molecule is CO[C@H]1[C@@H]2OC(C)(C)O[C@@H]2C(I)=C[C@H]1O[Si](C(C)C)(C(C)C)C(C)C. The van der Waals surface area contributed by atoms with E-state index in [1.807, 2.05) is 13.8 Å². The lowest BCUT2D eigenvalue weighted by Crippen LogP contribution is -2.56. The van der Waals surface area contributed by atoms with Gasteiger partial charge >= 0.3 is 0 Å². The van der Waals surface area contributed by atoms with Gasteiger partial charge in [-0.3, -0.25) is 0 Å². The second-order valence-electron chi connectivity index (χ2n) is 8.67. The Morgan fingerprint density at radius 2 is 1.56 bits per heavy atom. The highest BCUT2D eigenvalue weighted by Gasteiger charge is 2.54.